The van der Waals surface area contributed by atoms with Gasteiger partial charge in [-0.1, -0.05) is 50.6 Å². The molecule has 1 amide bonds. The highest BCUT2D eigenvalue weighted by atomic mass is 16.5. The van der Waals surface area contributed by atoms with Gasteiger partial charge in [0.2, 0.25) is 5.91 Å². The van der Waals surface area contributed by atoms with Crippen molar-refractivity contribution >= 4 is 5.91 Å². The van der Waals surface area contributed by atoms with Crippen LogP contribution in [0.3, 0.4) is 0 Å². The van der Waals surface area contributed by atoms with Crippen LogP contribution >= 0.6 is 0 Å². The summed E-state index contributed by atoms with van der Waals surface area (Å²) < 4.78 is 5.96. The molecule has 2 unspecified atom stereocenters. The maximum Gasteiger partial charge on any atom is 0.228 e. The maximum atomic E-state index is 12.6. The van der Waals surface area contributed by atoms with Crippen molar-refractivity contribution in [1.29, 1.82) is 0 Å². The SMILES string of the molecule is CC[C@H]1C(C)C(=O)N2C(c3ccccc3)OC[C@@]12C. The molecule has 0 bridgehead atoms. The third-order valence-electron chi connectivity index (χ3n) is 4.87. The van der Waals surface area contributed by atoms with Gasteiger partial charge in [0.25, 0.3) is 0 Å². The first-order chi connectivity index (χ1) is 9.09. The second-order valence-electron chi connectivity index (χ2n) is 5.94. The molecule has 3 heteroatoms. The zero-order chi connectivity index (χ0) is 13.6. The highest BCUT2D eigenvalue weighted by Crippen LogP contribution is 2.50. The van der Waals surface area contributed by atoms with Gasteiger partial charge in [-0.15, -0.1) is 0 Å². The number of hydrogen-bond donors (Lipinski definition) is 0. The van der Waals surface area contributed by atoms with Gasteiger partial charge >= 0.3 is 0 Å². The lowest BCUT2D eigenvalue weighted by Crippen LogP contribution is -2.44. The highest BCUT2D eigenvalue weighted by molar-refractivity contribution is 5.83. The van der Waals surface area contributed by atoms with Gasteiger partial charge in [0, 0.05) is 11.5 Å². The van der Waals surface area contributed by atoms with E-state index in [2.05, 4.69) is 20.8 Å². The molecule has 2 fully saturated rings. The summed E-state index contributed by atoms with van der Waals surface area (Å²) in [6, 6.07) is 10.0. The fraction of sp³-hybridized carbons (Fsp3) is 0.562. The van der Waals surface area contributed by atoms with Gasteiger partial charge < -0.3 is 9.64 Å². The van der Waals surface area contributed by atoms with E-state index in [4.69, 9.17) is 4.74 Å². The molecule has 1 aromatic carbocycles. The number of carbonyl (C=O) groups is 1. The van der Waals surface area contributed by atoms with Crippen LogP contribution in [0.1, 0.15) is 39.0 Å². The van der Waals surface area contributed by atoms with E-state index in [1.54, 1.807) is 0 Å². The van der Waals surface area contributed by atoms with Gasteiger partial charge in [-0.05, 0) is 12.8 Å². The van der Waals surface area contributed by atoms with Crippen molar-refractivity contribution in [1.82, 2.24) is 4.90 Å². The molecule has 0 spiro atoms. The second-order valence-corrected chi connectivity index (χ2v) is 5.94. The molecule has 2 aliphatic rings. The Balaban J connectivity index is 1.99. The Kier molecular flexibility index (Phi) is 2.90. The van der Waals surface area contributed by atoms with E-state index in [0.717, 1.165) is 12.0 Å². The van der Waals surface area contributed by atoms with Gasteiger partial charge in [0.15, 0.2) is 6.23 Å². The molecule has 0 aliphatic carbocycles. The topological polar surface area (TPSA) is 29.5 Å². The van der Waals surface area contributed by atoms with Crippen molar-refractivity contribution in [3.8, 4) is 0 Å². The van der Waals surface area contributed by atoms with E-state index < -0.39 is 0 Å². The summed E-state index contributed by atoms with van der Waals surface area (Å²) >= 11 is 0. The van der Waals surface area contributed by atoms with E-state index in [1.165, 1.54) is 0 Å². The number of ether oxygens (including phenoxy) is 1. The predicted molar refractivity (Wildman–Crippen MR) is 73.3 cm³/mol. The summed E-state index contributed by atoms with van der Waals surface area (Å²) in [6.07, 6.45) is 0.808. The fourth-order valence-electron chi connectivity index (χ4n) is 3.90. The van der Waals surface area contributed by atoms with Crippen molar-refractivity contribution in [2.75, 3.05) is 6.61 Å². The van der Waals surface area contributed by atoms with Crippen molar-refractivity contribution in [3.05, 3.63) is 35.9 Å². The zero-order valence-electron chi connectivity index (χ0n) is 11.8. The van der Waals surface area contributed by atoms with Gasteiger partial charge in [0.1, 0.15) is 0 Å². The lowest BCUT2D eigenvalue weighted by molar-refractivity contribution is -0.138. The van der Waals surface area contributed by atoms with E-state index >= 15 is 0 Å². The summed E-state index contributed by atoms with van der Waals surface area (Å²) in [5.41, 5.74) is 0.926. The van der Waals surface area contributed by atoms with Crippen LogP contribution in [0.4, 0.5) is 0 Å². The van der Waals surface area contributed by atoms with Gasteiger partial charge in [-0.2, -0.15) is 0 Å². The van der Waals surface area contributed by atoms with Crippen LogP contribution < -0.4 is 0 Å². The number of fused-ring (bicyclic) bond motifs is 1. The number of nitrogens with zero attached hydrogens (tertiary/aromatic N) is 1. The molecule has 0 N–H and O–H groups in total. The predicted octanol–water partition coefficient (Wildman–Crippen LogP) is 2.98. The summed E-state index contributed by atoms with van der Waals surface area (Å²) in [5, 5.41) is 0. The van der Waals surface area contributed by atoms with Crippen LogP contribution in [-0.2, 0) is 9.53 Å². The van der Waals surface area contributed by atoms with Gasteiger partial charge in [-0.25, -0.2) is 0 Å². The fourth-order valence-corrected chi connectivity index (χ4v) is 3.90. The Morgan fingerprint density at radius 3 is 2.68 bits per heavy atom. The molecule has 0 saturated carbocycles. The third kappa shape index (κ3) is 1.64. The minimum Gasteiger partial charge on any atom is -0.351 e. The van der Waals surface area contributed by atoms with Crippen LogP contribution in [0.15, 0.2) is 30.3 Å². The summed E-state index contributed by atoms with van der Waals surface area (Å²) in [5.74, 6) is 0.722. The molecule has 19 heavy (non-hydrogen) atoms. The normalized spacial score (nSPS) is 37.7. The Bertz CT molecular complexity index is 487. The van der Waals surface area contributed by atoms with Gasteiger partial charge in [0.05, 0.1) is 12.1 Å². The van der Waals surface area contributed by atoms with Crippen LogP contribution in [0, 0.1) is 11.8 Å². The van der Waals surface area contributed by atoms with Crippen LogP contribution in [0.25, 0.3) is 0 Å². The molecule has 1 aromatic rings. The molecule has 3 rings (SSSR count). The van der Waals surface area contributed by atoms with E-state index in [9.17, 15) is 4.79 Å². The molecule has 0 aromatic heterocycles. The second kappa shape index (κ2) is 4.34. The van der Waals surface area contributed by atoms with Crippen molar-refractivity contribution in [2.24, 2.45) is 11.8 Å². The zero-order valence-corrected chi connectivity index (χ0v) is 11.8. The maximum absolute atomic E-state index is 12.6. The first-order valence-electron chi connectivity index (χ1n) is 7.09. The molecule has 0 radical (unpaired) electrons. The molecular formula is C16H21NO2. The van der Waals surface area contributed by atoms with Crippen LogP contribution in [0.5, 0.6) is 0 Å². The van der Waals surface area contributed by atoms with Crippen LogP contribution in [-0.4, -0.2) is 23.0 Å². The van der Waals surface area contributed by atoms with Crippen molar-refractivity contribution < 1.29 is 9.53 Å². The monoisotopic (exact) mass is 259 g/mol. The molecule has 2 aliphatic heterocycles. The Hall–Kier alpha value is -1.35. The smallest absolute Gasteiger partial charge is 0.228 e. The Morgan fingerprint density at radius 2 is 2.05 bits per heavy atom. The Morgan fingerprint density at radius 1 is 1.37 bits per heavy atom. The average molecular weight is 259 g/mol. The minimum absolute atomic E-state index is 0.102. The molecule has 2 saturated heterocycles. The van der Waals surface area contributed by atoms with Crippen LogP contribution in [0.2, 0.25) is 0 Å². The molecule has 3 nitrogen and oxygen atoms in total. The first-order valence-corrected chi connectivity index (χ1v) is 7.09. The number of hydrogen-bond acceptors (Lipinski definition) is 2. The standard InChI is InChI=1S/C16H21NO2/c1-4-13-11(2)14(18)17-15(19-10-16(13,17)3)12-8-6-5-7-9-12/h5-9,11,13,15H,4,10H2,1-3H3/t11?,13-,15?,16-/m0/s1. The quantitative estimate of drug-likeness (QED) is 0.817. The van der Waals surface area contributed by atoms with Gasteiger partial charge in [-0.3, -0.25) is 4.79 Å². The summed E-state index contributed by atoms with van der Waals surface area (Å²) in [7, 11) is 0. The molecule has 102 valence electrons. The number of rotatable bonds is 2. The average Bonchev–Trinajstić information content (AvgIpc) is 2.85. The van der Waals surface area contributed by atoms with Crippen molar-refractivity contribution in [3.63, 3.8) is 0 Å². The number of amides is 1. The third-order valence-corrected chi connectivity index (χ3v) is 4.87. The van der Waals surface area contributed by atoms with E-state index in [0.29, 0.717) is 12.5 Å². The minimum atomic E-state index is -0.210. The largest absolute Gasteiger partial charge is 0.351 e. The highest BCUT2D eigenvalue weighted by Gasteiger charge is 2.59. The molecule has 4 atom stereocenters. The lowest BCUT2D eigenvalue weighted by atomic mass is 9.80. The summed E-state index contributed by atoms with van der Waals surface area (Å²) in [4.78, 5) is 14.6. The van der Waals surface area contributed by atoms with E-state index in [1.807, 2.05) is 35.2 Å². The lowest BCUT2D eigenvalue weighted by Gasteiger charge is -2.33. The van der Waals surface area contributed by atoms with E-state index in [-0.39, 0.29) is 23.6 Å². The first kappa shape index (κ1) is 12.7. The Labute approximate surface area is 114 Å². The number of benzene rings is 1. The molecular weight excluding hydrogens is 238 g/mol. The van der Waals surface area contributed by atoms with Crippen molar-refractivity contribution in [2.45, 2.75) is 39.0 Å². The molecule has 2 heterocycles. The number of carbonyl (C=O) groups excluding carboxylic acids is 1. The summed E-state index contributed by atoms with van der Waals surface area (Å²) in [6.45, 7) is 7.04.